The third kappa shape index (κ3) is 5.80. The number of aromatic nitrogens is 3. The second-order valence-corrected chi connectivity index (χ2v) is 11.0. The molecule has 0 aliphatic carbocycles. The highest BCUT2D eigenvalue weighted by Gasteiger charge is 2.41. The van der Waals surface area contributed by atoms with Crippen LogP contribution in [-0.2, 0) is 11.6 Å². The summed E-state index contributed by atoms with van der Waals surface area (Å²) in [5, 5.41) is 17.6. The molecule has 7 heteroatoms. The molecule has 0 amide bonds. The summed E-state index contributed by atoms with van der Waals surface area (Å²) in [5.41, 5.74) is 3.58. The van der Waals surface area contributed by atoms with Gasteiger partial charge in [0.05, 0.1) is 17.3 Å². The van der Waals surface area contributed by atoms with Crippen molar-refractivity contribution in [3.63, 3.8) is 0 Å². The topological polar surface area (TPSA) is 54.5 Å². The Bertz CT molecular complexity index is 1270. The molecule has 3 aromatic rings. The maximum absolute atomic E-state index is 14.5. The lowest BCUT2D eigenvalue weighted by Crippen LogP contribution is -2.23. The van der Waals surface area contributed by atoms with Crippen LogP contribution in [0.3, 0.4) is 0 Å². The first kappa shape index (κ1) is 29.4. The quantitative estimate of drug-likeness (QED) is 0.248. The number of hydrogen-bond acceptors (Lipinski definition) is 3. The van der Waals surface area contributed by atoms with Crippen LogP contribution in [0.4, 0.5) is 13.2 Å². The highest BCUT2D eigenvalue weighted by molar-refractivity contribution is 5.68. The summed E-state index contributed by atoms with van der Waals surface area (Å²) in [6.07, 6.45) is 0.303. The Morgan fingerprint density at radius 2 is 1.55 bits per heavy atom. The van der Waals surface area contributed by atoms with E-state index in [0.717, 1.165) is 37.7 Å². The van der Waals surface area contributed by atoms with Crippen molar-refractivity contribution < 1.29 is 13.2 Å². The van der Waals surface area contributed by atoms with E-state index in [-0.39, 0.29) is 23.1 Å². The summed E-state index contributed by atoms with van der Waals surface area (Å²) in [5.74, 6) is -1.13. The lowest BCUT2D eigenvalue weighted by Gasteiger charge is -2.31. The summed E-state index contributed by atoms with van der Waals surface area (Å²) in [7, 11) is 0. The predicted molar refractivity (Wildman–Crippen MR) is 146 cm³/mol. The summed E-state index contributed by atoms with van der Waals surface area (Å²) in [6, 6.07) is 13.2. The number of benzene rings is 2. The molecule has 2 aromatic carbocycles. The van der Waals surface area contributed by atoms with E-state index in [1.807, 2.05) is 52.0 Å². The van der Waals surface area contributed by atoms with Crippen LogP contribution in [0.5, 0.6) is 0 Å². The molecule has 204 valence electrons. The number of halogens is 3. The normalized spacial score (nSPS) is 13.7. The second-order valence-electron chi connectivity index (χ2n) is 11.0. The fraction of sp³-hybridized carbons (Fsp3) is 0.516. The molecule has 0 saturated carbocycles. The number of nitriles is 1. The molecule has 1 atom stereocenters. The molecule has 0 aliphatic rings. The molecule has 0 radical (unpaired) electrons. The van der Waals surface area contributed by atoms with Gasteiger partial charge in [0, 0.05) is 5.56 Å². The highest BCUT2D eigenvalue weighted by atomic mass is 19.4. The van der Waals surface area contributed by atoms with E-state index in [2.05, 4.69) is 37.0 Å². The van der Waals surface area contributed by atoms with E-state index in [1.54, 1.807) is 12.1 Å². The van der Waals surface area contributed by atoms with Crippen molar-refractivity contribution in [2.24, 2.45) is 0 Å². The third-order valence-electron chi connectivity index (χ3n) is 7.61. The largest absolute Gasteiger partial charge is 0.452 e. The standard InChI is InChI=1S/C31H39F3N4/c1-8-10-13-16-30(7,9-2)26-15-12-11-14-23(26)28-36-37-29(31(32,33)34)38(28)27-24(20(3)4)17-22(19-35)18-25(27)21(5)6/h11-12,14-15,17-18,20-21H,8-10,13,16H2,1-7H3. The van der Waals surface area contributed by atoms with Gasteiger partial charge in [-0.25, -0.2) is 0 Å². The van der Waals surface area contributed by atoms with Crippen molar-refractivity contribution >= 4 is 0 Å². The van der Waals surface area contributed by atoms with Crippen LogP contribution in [0.2, 0.25) is 0 Å². The van der Waals surface area contributed by atoms with Gasteiger partial charge in [0.1, 0.15) is 0 Å². The highest BCUT2D eigenvalue weighted by Crippen LogP contribution is 2.43. The lowest BCUT2D eigenvalue weighted by atomic mass is 9.74. The Labute approximate surface area is 224 Å². The van der Waals surface area contributed by atoms with Crippen molar-refractivity contribution in [1.29, 1.82) is 5.26 Å². The van der Waals surface area contributed by atoms with Crippen LogP contribution in [0.15, 0.2) is 36.4 Å². The molecule has 0 N–H and O–H groups in total. The Balaban J connectivity index is 2.44. The first-order valence-electron chi connectivity index (χ1n) is 13.6. The molecule has 0 fully saturated rings. The summed E-state index contributed by atoms with van der Waals surface area (Å²) in [6.45, 7) is 14.2. The van der Waals surface area contributed by atoms with Crippen molar-refractivity contribution in [1.82, 2.24) is 14.8 Å². The number of unbranched alkanes of at least 4 members (excludes halogenated alkanes) is 2. The van der Waals surface area contributed by atoms with Crippen molar-refractivity contribution in [3.8, 4) is 23.1 Å². The molecule has 1 heterocycles. The average molecular weight is 525 g/mol. The summed E-state index contributed by atoms with van der Waals surface area (Å²) >= 11 is 0. The Kier molecular flexibility index (Phi) is 9.07. The minimum atomic E-state index is -4.72. The minimum absolute atomic E-state index is 0.127. The monoisotopic (exact) mass is 524 g/mol. The van der Waals surface area contributed by atoms with Gasteiger partial charge in [-0.05, 0) is 58.9 Å². The van der Waals surface area contributed by atoms with Gasteiger partial charge in [-0.3, -0.25) is 4.57 Å². The minimum Gasteiger partial charge on any atom is -0.271 e. The van der Waals surface area contributed by atoms with E-state index in [4.69, 9.17) is 0 Å². The number of rotatable bonds is 10. The number of hydrogen-bond donors (Lipinski definition) is 0. The van der Waals surface area contributed by atoms with Crippen LogP contribution < -0.4 is 0 Å². The molecule has 0 saturated heterocycles. The molecule has 3 rings (SSSR count). The molecule has 0 bridgehead atoms. The summed E-state index contributed by atoms with van der Waals surface area (Å²) in [4.78, 5) is 0. The number of nitrogens with zero attached hydrogens (tertiary/aromatic N) is 4. The number of alkyl halides is 3. The van der Waals surface area contributed by atoms with Gasteiger partial charge in [-0.1, -0.05) is 92.0 Å². The molecule has 1 unspecified atom stereocenters. The fourth-order valence-corrected chi connectivity index (χ4v) is 5.21. The van der Waals surface area contributed by atoms with Gasteiger partial charge < -0.3 is 0 Å². The van der Waals surface area contributed by atoms with E-state index in [1.165, 1.54) is 4.57 Å². The molecule has 1 aromatic heterocycles. The van der Waals surface area contributed by atoms with Crippen LogP contribution in [-0.4, -0.2) is 14.8 Å². The van der Waals surface area contributed by atoms with E-state index in [9.17, 15) is 18.4 Å². The van der Waals surface area contributed by atoms with Crippen molar-refractivity contribution in [2.45, 2.75) is 104 Å². The van der Waals surface area contributed by atoms with Gasteiger partial charge in [-0.2, -0.15) is 18.4 Å². The van der Waals surface area contributed by atoms with Crippen LogP contribution in [0.1, 0.15) is 120 Å². The van der Waals surface area contributed by atoms with Crippen LogP contribution >= 0.6 is 0 Å². The van der Waals surface area contributed by atoms with Gasteiger partial charge in [0.15, 0.2) is 5.82 Å². The van der Waals surface area contributed by atoms with Crippen LogP contribution in [0.25, 0.3) is 17.1 Å². The Hall–Kier alpha value is -3.14. The third-order valence-corrected chi connectivity index (χ3v) is 7.61. The van der Waals surface area contributed by atoms with Crippen LogP contribution in [0, 0.1) is 11.3 Å². The van der Waals surface area contributed by atoms with Crippen molar-refractivity contribution in [3.05, 3.63) is 64.5 Å². The zero-order chi connectivity index (χ0) is 28.3. The van der Waals surface area contributed by atoms with Gasteiger partial charge in [0.25, 0.3) is 0 Å². The smallest absolute Gasteiger partial charge is 0.271 e. The molecular weight excluding hydrogens is 485 g/mol. The molecule has 38 heavy (non-hydrogen) atoms. The van der Waals surface area contributed by atoms with E-state index < -0.39 is 12.0 Å². The van der Waals surface area contributed by atoms with Gasteiger partial charge in [0.2, 0.25) is 5.82 Å². The molecule has 0 spiro atoms. The lowest BCUT2D eigenvalue weighted by molar-refractivity contribution is -0.146. The first-order chi connectivity index (χ1) is 17.9. The van der Waals surface area contributed by atoms with E-state index in [0.29, 0.717) is 27.9 Å². The maximum Gasteiger partial charge on any atom is 0.452 e. The SMILES string of the molecule is CCCCCC(C)(CC)c1ccccc1-c1nnc(C(F)(F)F)n1-c1c(C(C)C)cc(C#N)cc1C(C)C. The second kappa shape index (κ2) is 11.7. The molecule has 0 aliphatic heterocycles. The Morgan fingerprint density at radius 1 is 0.947 bits per heavy atom. The first-order valence-corrected chi connectivity index (χ1v) is 13.6. The zero-order valence-electron chi connectivity index (χ0n) is 23.6. The predicted octanol–water partition coefficient (Wildman–Crippen LogP) is 9.32. The van der Waals surface area contributed by atoms with Gasteiger partial charge >= 0.3 is 6.18 Å². The maximum atomic E-state index is 14.5. The molecule has 4 nitrogen and oxygen atoms in total. The fourth-order valence-electron chi connectivity index (χ4n) is 5.21. The van der Waals surface area contributed by atoms with Gasteiger partial charge in [-0.15, -0.1) is 10.2 Å². The molecular formula is C31H39F3N4. The average Bonchev–Trinajstić information content (AvgIpc) is 3.33. The zero-order valence-corrected chi connectivity index (χ0v) is 23.6. The Morgan fingerprint density at radius 3 is 2.05 bits per heavy atom. The van der Waals surface area contributed by atoms with E-state index >= 15 is 0 Å². The van der Waals surface area contributed by atoms with Crippen molar-refractivity contribution in [2.75, 3.05) is 0 Å². The summed E-state index contributed by atoms with van der Waals surface area (Å²) < 4.78 is 44.7.